The molecule has 2 heterocycles. The topological polar surface area (TPSA) is 57.8 Å². The molecule has 126 valence electrons. The predicted octanol–water partition coefficient (Wildman–Crippen LogP) is 3.07. The number of aryl methyl sites for hydroxylation is 1. The number of ether oxygens (including phenoxy) is 1. The molecule has 0 radical (unpaired) electrons. The van der Waals surface area contributed by atoms with Crippen molar-refractivity contribution >= 4 is 0 Å². The monoisotopic (exact) mass is 329 g/mol. The first-order chi connectivity index (χ1) is 11.5. The first-order valence-electron chi connectivity index (χ1n) is 7.73. The maximum absolute atomic E-state index is 14.5. The van der Waals surface area contributed by atoms with Crippen LogP contribution in [0.25, 0.3) is 11.4 Å². The van der Waals surface area contributed by atoms with Gasteiger partial charge in [-0.25, -0.2) is 14.4 Å². The molecule has 0 bridgehead atoms. The van der Waals surface area contributed by atoms with Gasteiger partial charge in [-0.05, 0) is 18.1 Å². The van der Waals surface area contributed by atoms with Crippen LogP contribution in [-0.2, 0) is 7.05 Å². The maximum Gasteiger partial charge on any atom is 0.149 e. The van der Waals surface area contributed by atoms with Crippen LogP contribution < -0.4 is 4.74 Å². The minimum absolute atomic E-state index is 0.100. The molecule has 0 fully saturated rings. The summed E-state index contributed by atoms with van der Waals surface area (Å²) in [5.74, 6) is 1.68. The van der Waals surface area contributed by atoms with Gasteiger partial charge in [0.05, 0.1) is 18.7 Å². The highest BCUT2D eigenvalue weighted by Crippen LogP contribution is 2.32. The zero-order chi connectivity index (χ0) is 17.3. The number of rotatable bonds is 5. The van der Waals surface area contributed by atoms with Gasteiger partial charge < -0.3 is 9.30 Å². The average Bonchev–Trinajstić information content (AvgIpc) is 3.17. The Balaban J connectivity index is 2.11. The number of nitrogens with zero attached hydrogens (tertiary/aromatic N) is 5. The number of methoxy groups -OCH3 is 1. The average molecular weight is 329 g/mol. The Bertz CT molecular complexity index is 839. The largest absolute Gasteiger partial charge is 0.497 e. The van der Waals surface area contributed by atoms with Crippen LogP contribution in [-0.4, -0.2) is 31.4 Å². The lowest BCUT2D eigenvalue weighted by molar-refractivity contribution is 0.403. The number of benzene rings is 1. The van der Waals surface area contributed by atoms with Crippen molar-refractivity contribution in [3.63, 3.8) is 0 Å². The predicted molar refractivity (Wildman–Crippen MR) is 88.2 cm³/mol. The van der Waals surface area contributed by atoms with E-state index >= 15 is 0 Å². The number of halogens is 1. The molecule has 0 saturated heterocycles. The van der Waals surface area contributed by atoms with Crippen molar-refractivity contribution in [1.82, 2.24) is 24.3 Å². The SMILES string of the molecule is COc1ccc(-c2nccn2[C@H](c2ncnn2C)C(C)C)c(F)c1. The van der Waals surface area contributed by atoms with E-state index < -0.39 is 0 Å². The van der Waals surface area contributed by atoms with Crippen LogP contribution >= 0.6 is 0 Å². The van der Waals surface area contributed by atoms with Crippen LogP contribution in [0, 0.1) is 11.7 Å². The molecule has 6 nitrogen and oxygen atoms in total. The highest BCUT2D eigenvalue weighted by Gasteiger charge is 2.26. The fourth-order valence-electron chi connectivity index (χ4n) is 2.87. The Morgan fingerprint density at radius 1 is 1.21 bits per heavy atom. The van der Waals surface area contributed by atoms with E-state index in [0.717, 1.165) is 5.82 Å². The number of imidazole rings is 1. The standard InChI is InChI=1S/C17H20FN5O/c1-11(2)15(17-20-10-21-22(17)3)23-8-7-19-16(23)13-6-5-12(24-4)9-14(13)18/h5-11,15H,1-4H3/t15-/m0/s1. The summed E-state index contributed by atoms with van der Waals surface area (Å²) in [4.78, 5) is 8.74. The Morgan fingerprint density at radius 3 is 2.58 bits per heavy atom. The summed E-state index contributed by atoms with van der Waals surface area (Å²) in [6.45, 7) is 4.18. The third-order valence-electron chi connectivity index (χ3n) is 4.03. The van der Waals surface area contributed by atoms with Gasteiger partial charge in [0.2, 0.25) is 0 Å². The fraction of sp³-hybridized carbons (Fsp3) is 0.353. The fourth-order valence-corrected chi connectivity index (χ4v) is 2.87. The molecule has 0 N–H and O–H groups in total. The van der Waals surface area contributed by atoms with Crippen molar-refractivity contribution in [2.24, 2.45) is 13.0 Å². The molecule has 0 aliphatic heterocycles. The normalized spacial score (nSPS) is 12.6. The molecule has 0 unspecified atom stereocenters. The molecular formula is C17H20FN5O. The van der Waals surface area contributed by atoms with Gasteiger partial charge in [-0.15, -0.1) is 0 Å². The Hall–Kier alpha value is -2.70. The third kappa shape index (κ3) is 2.77. The first-order valence-corrected chi connectivity index (χ1v) is 7.73. The summed E-state index contributed by atoms with van der Waals surface area (Å²) in [6, 6.07) is 4.67. The van der Waals surface area contributed by atoms with Crippen molar-refractivity contribution in [2.45, 2.75) is 19.9 Å². The maximum atomic E-state index is 14.5. The Kier molecular flexibility index (Phi) is 4.33. The van der Waals surface area contributed by atoms with Gasteiger partial charge in [-0.3, -0.25) is 4.68 Å². The van der Waals surface area contributed by atoms with E-state index in [4.69, 9.17) is 4.74 Å². The molecule has 3 aromatic rings. The smallest absolute Gasteiger partial charge is 0.149 e. The molecule has 24 heavy (non-hydrogen) atoms. The molecular weight excluding hydrogens is 309 g/mol. The van der Waals surface area contributed by atoms with E-state index in [1.54, 1.807) is 23.0 Å². The molecule has 7 heteroatoms. The van der Waals surface area contributed by atoms with Crippen LogP contribution in [0.1, 0.15) is 25.7 Å². The second kappa shape index (κ2) is 6.43. The quantitative estimate of drug-likeness (QED) is 0.722. The lowest BCUT2D eigenvalue weighted by atomic mass is 10.0. The summed E-state index contributed by atoms with van der Waals surface area (Å²) in [5.41, 5.74) is 0.425. The van der Waals surface area contributed by atoms with E-state index in [0.29, 0.717) is 17.1 Å². The van der Waals surface area contributed by atoms with Gasteiger partial charge in [-0.2, -0.15) is 5.10 Å². The summed E-state index contributed by atoms with van der Waals surface area (Å²) in [5, 5.41) is 4.15. The summed E-state index contributed by atoms with van der Waals surface area (Å²) < 4.78 is 23.2. The number of hydrogen-bond acceptors (Lipinski definition) is 4. The molecule has 0 spiro atoms. The van der Waals surface area contributed by atoms with Crippen LogP contribution in [0.4, 0.5) is 4.39 Å². The van der Waals surface area contributed by atoms with Crippen LogP contribution in [0.15, 0.2) is 36.9 Å². The molecule has 0 aliphatic rings. The molecule has 1 aromatic carbocycles. The van der Waals surface area contributed by atoms with E-state index in [-0.39, 0.29) is 17.8 Å². The number of hydrogen-bond donors (Lipinski definition) is 0. The van der Waals surface area contributed by atoms with Gasteiger partial charge in [-0.1, -0.05) is 13.8 Å². The summed E-state index contributed by atoms with van der Waals surface area (Å²) >= 11 is 0. The van der Waals surface area contributed by atoms with Crippen molar-refractivity contribution in [1.29, 1.82) is 0 Å². The van der Waals surface area contributed by atoms with Crippen molar-refractivity contribution < 1.29 is 9.13 Å². The highest BCUT2D eigenvalue weighted by molar-refractivity contribution is 5.58. The van der Waals surface area contributed by atoms with Gasteiger partial charge >= 0.3 is 0 Å². The molecule has 0 saturated carbocycles. The zero-order valence-electron chi connectivity index (χ0n) is 14.1. The lowest BCUT2D eigenvalue weighted by Crippen LogP contribution is -2.21. The Morgan fingerprint density at radius 2 is 2.00 bits per heavy atom. The van der Waals surface area contributed by atoms with Crippen molar-refractivity contribution in [3.8, 4) is 17.1 Å². The second-order valence-corrected chi connectivity index (χ2v) is 5.93. The molecule has 2 aromatic heterocycles. The van der Waals surface area contributed by atoms with Gasteiger partial charge in [0.25, 0.3) is 0 Å². The highest BCUT2D eigenvalue weighted by atomic mass is 19.1. The minimum Gasteiger partial charge on any atom is -0.497 e. The molecule has 3 rings (SSSR count). The Labute approximate surface area is 139 Å². The van der Waals surface area contributed by atoms with Gasteiger partial charge in [0.15, 0.2) is 0 Å². The number of aromatic nitrogens is 5. The zero-order valence-corrected chi connectivity index (χ0v) is 14.1. The first kappa shape index (κ1) is 16.2. The molecule has 0 amide bonds. The van der Waals surface area contributed by atoms with Gasteiger partial charge in [0.1, 0.15) is 29.5 Å². The van der Waals surface area contributed by atoms with Gasteiger partial charge in [0, 0.05) is 25.5 Å². The van der Waals surface area contributed by atoms with E-state index in [2.05, 4.69) is 28.9 Å². The third-order valence-corrected chi connectivity index (χ3v) is 4.03. The summed E-state index contributed by atoms with van der Waals surface area (Å²) in [6.07, 6.45) is 5.04. The van der Waals surface area contributed by atoms with Crippen LogP contribution in [0.2, 0.25) is 0 Å². The lowest BCUT2D eigenvalue weighted by Gasteiger charge is -2.23. The molecule has 0 aliphatic carbocycles. The van der Waals surface area contributed by atoms with Crippen LogP contribution in [0.3, 0.4) is 0 Å². The van der Waals surface area contributed by atoms with Crippen LogP contribution in [0.5, 0.6) is 5.75 Å². The van der Waals surface area contributed by atoms with E-state index in [1.165, 1.54) is 19.5 Å². The minimum atomic E-state index is -0.373. The molecule has 1 atom stereocenters. The van der Waals surface area contributed by atoms with Crippen molar-refractivity contribution in [2.75, 3.05) is 7.11 Å². The van der Waals surface area contributed by atoms with Crippen molar-refractivity contribution in [3.05, 3.63) is 48.6 Å². The van der Waals surface area contributed by atoms with E-state index in [1.807, 2.05) is 17.8 Å². The summed E-state index contributed by atoms with van der Waals surface area (Å²) in [7, 11) is 3.36. The van der Waals surface area contributed by atoms with E-state index in [9.17, 15) is 4.39 Å². The second-order valence-electron chi connectivity index (χ2n) is 5.93.